The van der Waals surface area contributed by atoms with Gasteiger partial charge in [-0.3, -0.25) is 14.3 Å². The summed E-state index contributed by atoms with van der Waals surface area (Å²) in [7, 11) is 1.29. The van der Waals surface area contributed by atoms with Gasteiger partial charge in [0.15, 0.2) is 0 Å². The van der Waals surface area contributed by atoms with Crippen molar-refractivity contribution >= 4 is 16.9 Å². The van der Waals surface area contributed by atoms with Gasteiger partial charge in [0, 0.05) is 5.39 Å². The third-order valence-corrected chi connectivity index (χ3v) is 3.40. The van der Waals surface area contributed by atoms with Crippen molar-refractivity contribution in [2.45, 2.75) is 52.6 Å². The molecule has 0 radical (unpaired) electrons. The van der Waals surface area contributed by atoms with Gasteiger partial charge in [0.2, 0.25) is 0 Å². The Morgan fingerprint density at radius 1 is 1.36 bits per heavy atom. The lowest BCUT2D eigenvalue weighted by atomic mass is 10.1. The Hall–Kier alpha value is -2.18. The largest absolute Gasteiger partial charge is 0.468 e. The molecule has 0 bridgehead atoms. The van der Waals surface area contributed by atoms with Crippen molar-refractivity contribution in [3.63, 3.8) is 0 Å². The Bertz CT molecular complexity index is 765. The highest BCUT2D eigenvalue weighted by Crippen LogP contribution is 2.24. The SMILES string of the molecule is COC(=O)Cn1nc(C(C)C)c2cnn(C(C)(C)C)c2c1=O. The normalized spacial score (nSPS) is 12.1. The van der Waals surface area contributed by atoms with Gasteiger partial charge in [0.25, 0.3) is 5.56 Å². The number of fused-ring (bicyclic) bond motifs is 1. The summed E-state index contributed by atoms with van der Waals surface area (Å²) >= 11 is 0. The molecule has 0 saturated heterocycles. The Labute approximate surface area is 128 Å². The summed E-state index contributed by atoms with van der Waals surface area (Å²) in [4.78, 5) is 24.2. The zero-order chi connectivity index (χ0) is 16.7. The first kappa shape index (κ1) is 16.2. The molecule has 0 aliphatic rings. The fourth-order valence-corrected chi connectivity index (χ4v) is 2.32. The van der Waals surface area contributed by atoms with Crippen LogP contribution in [0.3, 0.4) is 0 Å². The van der Waals surface area contributed by atoms with E-state index in [1.807, 2.05) is 34.6 Å². The first-order chi connectivity index (χ1) is 10.2. The molecule has 0 fully saturated rings. The minimum Gasteiger partial charge on any atom is -0.468 e. The monoisotopic (exact) mass is 306 g/mol. The molecule has 0 N–H and O–H groups in total. The van der Waals surface area contributed by atoms with E-state index >= 15 is 0 Å². The molecule has 7 heteroatoms. The minimum atomic E-state index is -0.509. The van der Waals surface area contributed by atoms with E-state index in [1.54, 1.807) is 10.9 Å². The fourth-order valence-electron chi connectivity index (χ4n) is 2.32. The predicted octanol–water partition coefficient (Wildman–Crippen LogP) is 1.64. The summed E-state index contributed by atoms with van der Waals surface area (Å²) in [5, 5.41) is 9.42. The molecule has 0 aliphatic carbocycles. The molecule has 120 valence electrons. The summed E-state index contributed by atoms with van der Waals surface area (Å²) < 4.78 is 7.49. The van der Waals surface area contributed by atoms with Gasteiger partial charge in [-0.1, -0.05) is 13.8 Å². The number of rotatable bonds is 3. The van der Waals surface area contributed by atoms with Gasteiger partial charge in [-0.15, -0.1) is 0 Å². The number of carbonyl (C=O) groups is 1. The zero-order valence-corrected chi connectivity index (χ0v) is 13.9. The first-order valence-electron chi connectivity index (χ1n) is 7.23. The average Bonchev–Trinajstić information content (AvgIpc) is 2.86. The van der Waals surface area contributed by atoms with Crippen LogP contribution in [0.4, 0.5) is 0 Å². The van der Waals surface area contributed by atoms with Gasteiger partial charge in [-0.2, -0.15) is 10.2 Å². The molecule has 2 aromatic rings. The number of nitrogens with zero attached hydrogens (tertiary/aromatic N) is 4. The van der Waals surface area contributed by atoms with Gasteiger partial charge in [-0.25, -0.2) is 4.68 Å². The maximum absolute atomic E-state index is 12.7. The van der Waals surface area contributed by atoms with E-state index in [4.69, 9.17) is 0 Å². The van der Waals surface area contributed by atoms with Crippen LogP contribution in [0.15, 0.2) is 11.0 Å². The lowest BCUT2D eigenvalue weighted by molar-refractivity contribution is -0.141. The van der Waals surface area contributed by atoms with E-state index in [2.05, 4.69) is 14.9 Å². The summed E-state index contributed by atoms with van der Waals surface area (Å²) in [6.45, 7) is 9.68. The standard InChI is InChI=1S/C15H22N4O3/c1-9(2)12-10-7-16-19(15(3,4)5)13(10)14(21)18(17-12)8-11(20)22-6/h7,9H,8H2,1-6H3. The summed E-state index contributed by atoms with van der Waals surface area (Å²) in [6.07, 6.45) is 1.67. The van der Waals surface area contributed by atoms with Crippen LogP contribution in [0, 0.1) is 0 Å². The zero-order valence-electron chi connectivity index (χ0n) is 13.9. The van der Waals surface area contributed by atoms with Crippen molar-refractivity contribution in [3.05, 3.63) is 22.2 Å². The van der Waals surface area contributed by atoms with Crippen LogP contribution in [0.25, 0.3) is 10.9 Å². The number of esters is 1. The number of ether oxygens (including phenoxy) is 1. The van der Waals surface area contributed by atoms with Crippen LogP contribution in [-0.2, 0) is 21.6 Å². The van der Waals surface area contributed by atoms with Crippen LogP contribution in [-0.4, -0.2) is 32.6 Å². The second-order valence-corrected chi connectivity index (χ2v) is 6.57. The van der Waals surface area contributed by atoms with E-state index in [0.717, 1.165) is 15.8 Å². The van der Waals surface area contributed by atoms with Crippen molar-refractivity contribution in [2.75, 3.05) is 7.11 Å². The van der Waals surface area contributed by atoms with E-state index < -0.39 is 5.97 Å². The molecule has 0 atom stereocenters. The molecule has 0 aromatic carbocycles. The Balaban J connectivity index is 2.81. The molecular formula is C15H22N4O3. The Kier molecular flexibility index (Phi) is 4.08. The number of hydrogen-bond donors (Lipinski definition) is 0. The van der Waals surface area contributed by atoms with E-state index in [9.17, 15) is 9.59 Å². The molecule has 2 rings (SSSR count). The van der Waals surface area contributed by atoms with Crippen molar-refractivity contribution in [1.29, 1.82) is 0 Å². The van der Waals surface area contributed by atoms with Crippen LogP contribution < -0.4 is 5.56 Å². The van der Waals surface area contributed by atoms with E-state index in [1.165, 1.54) is 7.11 Å². The lowest BCUT2D eigenvalue weighted by Gasteiger charge is -2.20. The topological polar surface area (TPSA) is 79.0 Å². The summed E-state index contributed by atoms with van der Waals surface area (Å²) in [5.41, 5.74) is 0.529. The molecule has 0 unspecified atom stereocenters. The fraction of sp³-hybridized carbons (Fsp3) is 0.600. The first-order valence-corrected chi connectivity index (χ1v) is 7.23. The van der Waals surface area contributed by atoms with Crippen molar-refractivity contribution in [2.24, 2.45) is 0 Å². The molecule has 0 saturated carbocycles. The minimum absolute atomic E-state index is 0.101. The highest BCUT2D eigenvalue weighted by Gasteiger charge is 2.24. The van der Waals surface area contributed by atoms with Crippen LogP contribution in [0.1, 0.15) is 46.2 Å². The second kappa shape index (κ2) is 5.55. The van der Waals surface area contributed by atoms with Crippen molar-refractivity contribution in [1.82, 2.24) is 19.6 Å². The highest BCUT2D eigenvalue weighted by atomic mass is 16.5. The third kappa shape index (κ3) is 2.75. The molecule has 0 aliphatic heterocycles. The summed E-state index contributed by atoms with van der Waals surface area (Å²) in [6, 6.07) is 0. The molecule has 7 nitrogen and oxygen atoms in total. The van der Waals surface area contributed by atoms with Crippen molar-refractivity contribution < 1.29 is 9.53 Å². The van der Waals surface area contributed by atoms with Gasteiger partial charge in [0.05, 0.1) is 24.5 Å². The number of hydrogen-bond acceptors (Lipinski definition) is 5. The number of carbonyl (C=O) groups excluding carboxylic acids is 1. The van der Waals surface area contributed by atoms with E-state index in [0.29, 0.717) is 5.52 Å². The highest BCUT2D eigenvalue weighted by molar-refractivity contribution is 5.81. The van der Waals surface area contributed by atoms with Crippen molar-refractivity contribution in [3.8, 4) is 0 Å². The number of methoxy groups -OCH3 is 1. The smallest absolute Gasteiger partial charge is 0.327 e. The van der Waals surface area contributed by atoms with Crippen LogP contribution in [0.2, 0.25) is 0 Å². The average molecular weight is 306 g/mol. The lowest BCUT2D eigenvalue weighted by Crippen LogP contribution is -2.33. The molecular weight excluding hydrogens is 284 g/mol. The Morgan fingerprint density at radius 3 is 2.50 bits per heavy atom. The van der Waals surface area contributed by atoms with Gasteiger partial charge in [-0.05, 0) is 26.7 Å². The summed E-state index contributed by atoms with van der Waals surface area (Å²) in [5.74, 6) is -0.407. The predicted molar refractivity (Wildman–Crippen MR) is 82.9 cm³/mol. The van der Waals surface area contributed by atoms with Crippen LogP contribution in [0.5, 0.6) is 0 Å². The maximum Gasteiger partial charge on any atom is 0.327 e. The van der Waals surface area contributed by atoms with Crippen LogP contribution >= 0.6 is 0 Å². The quantitative estimate of drug-likeness (QED) is 0.806. The number of aromatic nitrogens is 4. The maximum atomic E-state index is 12.7. The van der Waals surface area contributed by atoms with Gasteiger partial charge < -0.3 is 4.74 Å². The molecule has 2 heterocycles. The molecule has 22 heavy (non-hydrogen) atoms. The molecule has 0 spiro atoms. The second-order valence-electron chi connectivity index (χ2n) is 6.57. The van der Waals surface area contributed by atoms with Gasteiger partial charge in [0.1, 0.15) is 12.1 Å². The molecule has 0 amide bonds. The molecule has 2 aromatic heterocycles. The Morgan fingerprint density at radius 2 is 2.00 bits per heavy atom. The van der Waals surface area contributed by atoms with E-state index in [-0.39, 0.29) is 23.6 Å². The third-order valence-electron chi connectivity index (χ3n) is 3.40. The van der Waals surface area contributed by atoms with Gasteiger partial charge >= 0.3 is 5.97 Å².